The van der Waals surface area contributed by atoms with Gasteiger partial charge in [-0.3, -0.25) is 14.9 Å². The molecule has 3 unspecified atom stereocenters. The number of hydrogen-bond acceptors (Lipinski definition) is 4. The number of nitrogens with zero attached hydrogens (tertiary/aromatic N) is 1. The number of benzene rings is 1. The van der Waals surface area contributed by atoms with Gasteiger partial charge in [-0.1, -0.05) is 13.0 Å². The first-order valence-electron chi connectivity index (χ1n) is 8.48. The molecule has 3 atom stereocenters. The summed E-state index contributed by atoms with van der Waals surface area (Å²) >= 11 is 0. The minimum atomic E-state index is -0.467. The van der Waals surface area contributed by atoms with Gasteiger partial charge >= 0.3 is 0 Å². The highest BCUT2D eigenvalue weighted by Gasteiger charge is 2.30. The van der Waals surface area contributed by atoms with Crippen LogP contribution in [0, 0.1) is 17.7 Å². The predicted octanol–water partition coefficient (Wildman–Crippen LogP) is 1.80. The number of halogens is 1. The number of piperidine rings is 2. The first-order valence-corrected chi connectivity index (χ1v) is 8.48. The second-order valence-corrected chi connectivity index (χ2v) is 6.87. The molecule has 2 fully saturated rings. The molecule has 2 N–H and O–H groups in total. The van der Waals surface area contributed by atoms with Crippen LogP contribution in [0.4, 0.5) is 10.1 Å². The molecule has 0 bridgehead atoms. The third-order valence-corrected chi connectivity index (χ3v) is 5.27. The number of hydrogen-bond donors (Lipinski definition) is 2. The first kappa shape index (κ1) is 16.9. The van der Waals surface area contributed by atoms with Crippen LogP contribution < -0.4 is 10.2 Å². The first-order chi connectivity index (χ1) is 11.5. The summed E-state index contributed by atoms with van der Waals surface area (Å²) in [7, 11) is 0. The van der Waals surface area contributed by atoms with Gasteiger partial charge < -0.3 is 10.0 Å². The molecule has 6 heteroatoms. The van der Waals surface area contributed by atoms with Crippen molar-refractivity contribution in [2.24, 2.45) is 11.8 Å². The lowest BCUT2D eigenvalue weighted by Gasteiger charge is -2.37. The van der Waals surface area contributed by atoms with Crippen LogP contribution in [-0.4, -0.2) is 36.6 Å². The predicted molar refractivity (Wildman–Crippen MR) is 88.1 cm³/mol. The van der Waals surface area contributed by atoms with Crippen molar-refractivity contribution < 1.29 is 19.1 Å². The van der Waals surface area contributed by atoms with Gasteiger partial charge in [-0.15, -0.1) is 0 Å². The molecule has 3 rings (SSSR count). The van der Waals surface area contributed by atoms with Crippen LogP contribution in [0.25, 0.3) is 0 Å². The molecule has 0 spiro atoms. The molecular formula is C18H23FN2O3. The summed E-state index contributed by atoms with van der Waals surface area (Å²) in [4.78, 5) is 25.2. The average molecular weight is 334 g/mol. The monoisotopic (exact) mass is 334 g/mol. The standard InChI is InChI=1S/C18H23FN2O3/c1-11-9-21(7-6-13(11)10-22)16-4-2-12(8-15(16)19)14-3-5-17(23)20-18(14)24/h2,4,8,11,13-14,22H,3,5-7,9-10H2,1H3,(H,20,23,24). The van der Waals surface area contributed by atoms with E-state index in [1.165, 1.54) is 6.07 Å². The number of aliphatic hydroxyl groups excluding tert-OH is 1. The maximum absolute atomic E-state index is 14.6. The number of carbonyl (C=O) groups excluding carboxylic acids is 2. The van der Waals surface area contributed by atoms with Gasteiger partial charge in [0.2, 0.25) is 11.8 Å². The maximum Gasteiger partial charge on any atom is 0.234 e. The van der Waals surface area contributed by atoms with E-state index in [1.54, 1.807) is 12.1 Å². The molecule has 1 aromatic carbocycles. The molecule has 2 aliphatic rings. The number of anilines is 1. The lowest BCUT2D eigenvalue weighted by molar-refractivity contribution is -0.134. The smallest absolute Gasteiger partial charge is 0.234 e. The van der Waals surface area contributed by atoms with E-state index >= 15 is 0 Å². The van der Waals surface area contributed by atoms with E-state index in [0.29, 0.717) is 36.7 Å². The van der Waals surface area contributed by atoms with Crippen LogP contribution in [0.5, 0.6) is 0 Å². The van der Waals surface area contributed by atoms with Crippen molar-refractivity contribution in [3.05, 3.63) is 29.6 Å². The minimum Gasteiger partial charge on any atom is -0.396 e. The number of rotatable bonds is 3. The molecule has 2 amide bonds. The molecule has 0 aromatic heterocycles. The van der Waals surface area contributed by atoms with Crippen molar-refractivity contribution in [1.29, 1.82) is 0 Å². The van der Waals surface area contributed by atoms with Gasteiger partial charge in [0, 0.05) is 26.1 Å². The molecule has 24 heavy (non-hydrogen) atoms. The third-order valence-electron chi connectivity index (χ3n) is 5.27. The van der Waals surface area contributed by atoms with Crippen LogP contribution in [-0.2, 0) is 9.59 Å². The topological polar surface area (TPSA) is 69.6 Å². The normalized spacial score (nSPS) is 28.0. The lowest BCUT2D eigenvalue weighted by Crippen LogP contribution is -2.41. The van der Waals surface area contributed by atoms with Crippen LogP contribution >= 0.6 is 0 Å². The van der Waals surface area contributed by atoms with Crippen LogP contribution in [0.3, 0.4) is 0 Å². The molecule has 5 nitrogen and oxygen atoms in total. The number of amides is 2. The molecule has 0 aliphatic carbocycles. The highest BCUT2D eigenvalue weighted by Crippen LogP contribution is 2.32. The summed E-state index contributed by atoms with van der Waals surface area (Å²) in [6, 6.07) is 4.92. The minimum absolute atomic E-state index is 0.173. The Morgan fingerprint density at radius 3 is 2.75 bits per heavy atom. The van der Waals surface area contributed by atoms with E-state index in [2.05, 4.69) is 12.2 Å². The van der Waals surface area contributed by atoms with Gasteiger partial charge in [0.15, 0.2) is 0 Å². The van der Waals surface area contributed by atoms with Crippen molar-refractivity contribution in [3.8, 4) is 0 Å². The van der Waals surface area contributed by atoms with Crippen LogP contribution in [0.1, 0.15) is 37.7 Å². The van der Waals surface area contributed by atoms with E-state index in [9.17, 15) is 19.1 Å². The van der Waals surface area contributed by atoms with Crippen molar-refractivity contribution in [3.63, 3.8) is 0 Å². The van der Waals surface area contributed by atoms with Crippen molar-refractivity contribution in [2.75, 3.05) is 24.6 Å². The molecule has 2 saturated heterocycles. The van der Waals surface area contributed by atoms with Gasteiger partial charge in [-0.2, -0.15) is 0 Å². The van der Waals surface area contributed by atoms with E-state index in [0.717, 1.165) is 6.42 Å². The fraction of sp³-hybridized carbons (Fsp3) is 0.556. The average Bonchev–Trinajstić information content (AvgIpc) is 2.54. The van der Waals surface area contributed by atoms with Gasteiger partial charge in [0.1, 0.15) is 5.82 Å². The summed E-state index contributed by atoms with van der Waals surface area (Å²) in [5.41, 5.74) is 1.15. The SMILES string of the molecule is CC1CN(c2ccc(C3CCC(=O)NC3=O)cc2F)CCC1CO. The number of nitrogens with one attached hydrogen (secondary N) is 1. The summed E-state index contributed by atoms with van der Waals surface area (Å²) in [6.45, 7) is 3.67. The Morgan fingerprint density at radius 2 is 2.12 bits per heavy atom. The van der Waals surface area contributed by atoms with Gasteiger partial charge in [-0.25, -0.2) is 4.39 Å². The van der Waals surface area contributed by atoms with E-state index in [-0.39, 0.29) is 36.6 Å². The van der Waals surface area contributed by atoms with Crippen LogP contribution in [0.15, 0.2) is 18.2 Å². The Morgan fingerprint density at radius 1 is 1.33 bits per heavy atom. The third kappa shape index (κ3) is 3.29. The fourth-order valence-electron chi connectivity index (χ4n) is 3.69. The zero-order valence-corrected chi connectivity index (χ0v) is 13.8. The van der Waals surface area contributed by atoms with Crippen LogP contribution in [0.2, 0.25) is 0 Å². The van der Waals surface area contributed by atoms with Gasteiger partial charge in [-0.05, 0) is 42.4 Å². The van der Waals surface area contributed by atoms with Crippen molar-refractivity contribution in [1.82, 2.24) is 5.32 Å². The zero-order valence-electron chi connectivity index (χ0n) is 13.8. The number of carbonyl (C=O) groups is 2. The summed E-state index contributed by atoms with van der Waals surface area (Å²) in [5.74, 6) is -0.855. The molecule has 0 radical (unpaired) electrons. The van der Waals surface area contributed by atoms with E-state index < -0.39 is 5.92 Å². The van der Waals surface area contributed by atoms with Gasteiger partial charge in [0.05, 0.1) is 11.6 Å². The Hall–Kier alpha value is -1.95. The molecule has 2 heterocycles. The van der Waals surface area contributed by atoms with Gasteiger partial charge in [0.25, 0.3) is 0 Å². The Balaban J connectivity index is 1.76. The second kappa shape index (κ2) is 6.89. The summed E-state index contributed by atoms with van der Waals surface area (Å²) in [5, 5.41) is 11.7. The highest BCUT2D eigenvalue weighted by atomic mass is 19.1. The van der Waals surface area contributed by atoms with Crippen molar-refractivity contribution in [2.45, 2.75) is 32.1 Å². The maximum atomic E-state index is 14.6. The van der Waals surface area contributed by atoms with Crippen molar-refractivity contribution >= 4 is 17.5 Å². The molecule has 2 aliphatic heterocycles. The summed E-state index contributed by atoms with van der Waals surface area (Å²) < 4.78 is 14.6. The number of aliphatic hydroxyl groups is 1. The quantitative estimate of drug-likeness (QED) is 0.827. The Labute approximate surface area is 140 Å². The lowest BCUT2D eigenvalue weighted by atomic mass is 9.87. The molecule has 130 valence electrons. The Kier molecular flexibility index (Phi) is 4.85. The van der Waals surface area contributed by atoms with E-state index in [1.807, 2.05) is 4.90 Å². The largest absolute Gasteiger partial charge is 0.396 e. The second-order valence-electron chi connectivity index (χ2n) is 6.87. The fourth-order valence-corrected chi connectivity index (χ4v) is 3.69. The zero-order chi connectivity index (χ0) is 17.3. The summed E-state index contributed by atoms with van der Waals surface area (Å²) in [6.07, 6.45) is 1.54. The molecule has 0 saturated carbocycles. The molecule has 1 aromatic rings. The number of imide groups is 1. The Bertz CT molecular complexity index is 649. The van der Waals surface area contributed by atoms with E-state index in [4.69, 9.17) is 0 Å². The molecular weight excluding hydrogens is 311 g/mol. The highest BCUT2D eigenvalue weighted by molar-refractivity contribution is 6.00.